The maximum atomic E-state index is 5.82. The molecule has 0 bridgehead atoms. The Labute approximate surface area is 196 Å². The Balaban J connectivity index is 0.00000320. The average molecular weight is 527 g/mol. The number of benzene rings is 1. The van der Waals surface area contributed by atoms with Crippen molar-refractivity contribution in [2.75, 3.05) is 33.4 Å². The molecule has 1 aliphatic heterocycles. The Morgan fingerprint density at radius 2 is 1.83 bits per heavy atom. The molecule has 1 aromatic carbocycles. The minimum Gasteiger partial charge on any atom is -0.443 e. The standard InChI is InChI=1S/C22H33N5O2.HI/c1-22(2,3)19-14-24-20(29-19)15-26-21(23-4)25-13-17-6-5-7-18(12-17)16-27-8-10-28-11-9-27;/h5-7,12,14H,8-11,13,15-16H2,1-4H3,(H2,23,25,26);1H. The summed E-state index contributed by atoms with van der Waals surface area (Å²) in [4.78, 5) is 11.1. The molecule has 30 heavy (non-hydrogen) atoms. The number of ether oxygens (including phenoxy) is 1. The molecule has 0 amide bonds. The summed E-state index contributed by atoms with van der Waals surface area (Å²) in [7, 11) is 1.76. The molecule has 1 aliphatic rings. The minimum absolute atomic E-state index is 0. The number of aliphatic imine (C=N–C) groups is 1. The van der Waals surface area contributed by atoms with Gasteiger partial charge in [0.2, 0.25) is 5.89 Å². The first-order valence-electron chi connectivity index (χ1n) is 10.2. The highest BCUT2D eigenvalue weighted by atomic mass is 127. The molecular weight excluding hydrogens is 493 g/mol. The van der Waals surface area contributed by atoms with Gasteiger partial charge in [-0.05, 0) is 11.1 Å². The maximum Gasteiger partial charge on any atom is 0.213 e. The van der Waals surface area contributed by atoms with E-state index in [9.17, 15) is 0 Å². The number of hydrogen-bond donors (Lipinski definition) is 2. The minimum atomic E-state index is -0.0442. The number of guanidine groups is 1. The second-order valence-corrected chi connectivity index (χ2v) is 8.36. The Hall–Kier alpha value is -1.65. The van der Waals surface area contributed by atoms with E-state index in [-0.39, 0.29) is 29.4 Å². The molecule has 0 atom stereocenters. The van der Waals surface area contributed by atoms with Crippen LogP contribution in [0.25, 0.3) is 0 Å². The molecule has 3 rings (SSSR count). The zero-order chi connectivity index (χ0) is 20.7. The van der Waals surface area contributed by atoms with Gasteiger partial charge in [-0.3, -0.25) is 9.89 Å². The topological polar surface area (TPSA) is 74.9 Å². The summed E-state index contributed by atoms with van der Waals surface area (Å²) in [6, 6.07) is 8.68. The molecule has 0 saturated carbocycles. The number of halogens is 1. The van der Waals surface area contributed by atoms with Gasteiger partial charge in [0.25, 0.3) is 0 Å². The SMILES string of the molecule is CN=C(NCc1cccc(CN2CCOCC2)c1)NCc1ncc(C(C)(C)C)o1.I. The van der Waals surface area contributed by atoms with Crippen molar-refractivity contribution in [3.05, 3.63) is 53.2 Å². The summed E-state index contributed by atoms with van der Waals surface area (Å²) >= 11 is 0. The van der Waals surface area contributed by atoms with Crippen molar-refractivity contribution in [2.45, 2.75) is 45.8 Å². The lowest BCUT2D eigenvalue weighted by atomic mass is 9.94. The van der Waals surface area contributed by atoms with Crippen LogP contribution in [0.1, 0.15) is 43.5 Å². The van der Waals surface area contributed by atoms with Gasteiger partial charge in [0.05, 0.1) is 26.0 Å². The van der Waals surface area contributed by atoms with Crippen LogP contribution in [0.4, 0.5) is 0 Å². The molecule has 2 aromatic rings. The Morgan fingerprint density at radius 3 is 2.50 bits per heavy atom. The molecule has 7 nitrogen and oxygen atoms in total. The molecule has 1 fully saturated rings. The van der Waals surface area contributed by atoms with E-state index in [2.05, 4.69) is 70.5 Å². The van der Waals surface area contributed by atoms with Crippen LogP contribution < -0.4 is 10.6 Å². The molecule has 0 aliphatic carbocycles. The normalized spacial score (nSPS) is 15.5. The highest BCUT2D eigenvalue weighted by Crippen LogP contribution is 2.22. The van der Waals surface area contributed by atoms with E-state index < -0.39 is 0 Å². The van der Waals surface area contributed by atoms with Crippen LogP contribution in [0.5, 0.6) is 0 Å². The number of oxazole rings is 1. The summed E-state index contributed by atoms with van der Waals surface area (Å²) in [5.41, 5.74) is 2.51. The predicted molar refractivity (Wildman–Crippen MR) is 130 cm³/mol. The first-order valence-corrected chi connectivity index (χ1v) is 10.2. The maximum absolute atomic E-state index is 5.82. The van der Waals surface area contributed by atoms with Crippen molar-refractivity contribution in [3.8, 4) is 0 Å². The van der Waals surface area contributed by atoms with E-state index >= 15 is 0 Å². The molecule has 1 aromatic heterocycles. The van der Waals surface area contributed by atoms with E-state index in [0.717, 1.165) is 44.6 Å². The molecule has 8 heteroatoms. The summed E-state index contributed by atoms with van der Waals surface area (Å²) in [5, 5.41) is 6.62. The third-order valence-corrected chi connectivity index (χ3v) is 4.88. The molecule has 166 valence electrons. The number of aromatic nitrogens is 1. The van der Waals surface area contributed by atoms with Gasteiger partial charge in [-0.2, -0.15) is 0 Å². The zero-order valence-electron chi connectivity index (χ0n) is 18.4. The fourth-order valence-corrected chi connectivity index (χ4v) is 3.16. The van der Waals surface area contributed by atoms with Gasteiger partial charge in [-0.1, -0.05) is 45.0 Å². The Kier molecular flexibility index (Phi) is 9.57. The van der Waals surface area contributed by atoms with Crippen LogP contribution in [0.3, 0.4) is 0 Å². The largest absolute Gasteiger partial charge is 0.443 e. The Bertz CT molecular complexity index is 810. The van der Waals surface area contributed by atoms with Crippen molar-refractivity contribution < 1.29 is 9.15 Å². The van der Waals surface area contributed by atoms with E-state index in [1.165, 1.54) is 11.1 Å². The molecule has 2 N–H and O–H groups in total. The monoisotopic (exact) mass is 527 g/mol. The van der Waals surface area contributed by atoms with Gasteiger partial charge >= 0.3 is 0 Å². The molecule has 1 saturated heterocycles. The van der Waals surface area contributed by atoms with Gasteiger partial charge in [0.1, 0.15) is 5.76 Å². The third-order valence-electron chi connectivity index (χ3n) is 4.88. The number of nitrogens with zero attached hydrogens (tertiary/aromatic N) is 3. The van der Waals surface area contributed by atoms with Gasteiger partial charge in [0, 0.05) is 38.6 Å². The molecular formula is C22H34IN5O2. The first kappa shape index (κ1) is 24.6. The second kappa shape index (κ2) is 11.7. The van der Waals surface area contributed by atoms with Crippen LogP contribution in [0.2, 0.25) is 0 Å². The van der Waals surface area contributed by atoms with Crippen molar-refractivity contribution in [1.29, 1.82) is 0 Å². The van der Waals surface area contributed by atoms with Crippen LogP contribution >= 0.6 is 24.0 Å². The van der Waals surface area contributed by atoms with Gasteiger partial charge in [-0.25, -0.2) is 4.98 Å². The van der Waals surface area contributed by atoms with Gasteiger partial charge in [0.15, 0.2) is 5.96 Å². The number of nitrogens with one attached hydrogen (secondary N) is 2. The highest BCUT2D eigenvalue weighted by Gasteiger charge is 2.19. The van der Waals surface area contributed by atoms with E-state index in [4.69, 9.17) is 9.15 Å². The molecule has 2 heterocycles. The van der Waals surface area contributed by atoms with E-state index in [1.54, 1.807) is 13.2 Å². The summed E-state index contributed by atoms with van der Waals surface area (Å²) in [5.74, 6) is 2.26. The third kappa shape index (κ3) is 7.55. The van der Waals surface area contributed by atoms with Crippen LogP contribution in [0, 0.1) is 0 Å². The van der Waals surface area contributed by atoms with Gasteiger partial charge < -0.3 is 19.8 Å². The lowest BCUT2D eigenvalue weighted by molar-refractivity contribution is 0.0342. The summed E-state index contributed by atoms with van der Waals surface area (Å²) in [6.45, 7) is 12.1. The van der Waals surface area contributed by atoms with E-state index in [1.807, 2.05) is 0 Å². The van der Waals surface area contributed by atoms with Crippen molar-refractivity contribution in [1.82, 2.24) is 20.5 Å². The highest BCUT2D eigenvalue weighted by molar-refractivity contribution is 14.0. The molecule has 0 radical (unpaired) electrons. The summed E-state index contributed by atoms with van der Waals surface area (Å²) < 4.78 is 11.3. The second-order valence-electron chi connectivity index (χ2n) is 8.36. The van der Waals surface area contributed by atoms with Crippen molar-refractivity contribution in [2.24, 2.45) is 4.99 Å². The number of rotatable bonds is 6. The van der Waals surface area contributed by atoms with Crippen LogP contribution in [-0.2, 0) is 29.8 Å². The van der Waals surface area contributed by atoms with Crippen molar-refractivity contribution >= 4 is 29.9 Å². The number of morpholine rings is 1. The molecule has 0 unspecified atom stereocenters. The summed E-state index contributed by atoms with van der Waals surface area (Å²) in [6.07, 6.45) is 1.80. The van der Waals surface area contributed by atoms with E-state index in [0.29, 0.717) is 19.0 Å². The first-order chi connectivity index (χ1) is 13.9. The lowest BCUT2D eigenvalue weighted by Crippen LogP contribution is -2.36. The quantitative estimate of drug-likeness (QED) is 0.341. The Morgan fingerprint density at radius 1 is 1.13 bits per heavy atom. The fraction of sp³-hybridized carbons (Fsp3) is 0.545. The fourth-order valence-electron chi connectivity index (χ4n) is 3.16. The lowest BCUT2D eigenvalue weighted by Gasteiger charge is -2.26. The van der Waals surface area contributed by atoms with Gasteiger partial charge in [-0.15, -0.1) is 24.0 Å². The number of hydrogen-bond acceptors (Lipinski definition) is 5. The van der Waals surface area contributed by atoms with Crippen molar-refractivity contribution in [3.63, 3.8) is 0 Å². The average Bonchev–Trinajstić information content (AvgIpc) is 3.19. The van der Waals surface area contributed by atoms with Crippen LogP contribution in [0.15, 0.2) is 39.9 Å². The predicted octanol–water partition coefficient (Wildman–Crippen LogP) is 3.29. The molecule has 0 spiro atoms. The smallest absolute Gasteiger partial charge is 0.213 e. The zero-order valence-corrected chi connectivity index (χ0v) is 20.7. The van der Waals surface area contributed by atoms with Crippen LogP contribution in [-0.4, -0.2) is 49.2 Å².